The van der Waals surface area contributed by atoms with Gasteiger partial charge in [0.1, 0.15) is 17.5 Å². The first-order valence-corrected chi connectivity index (χ1v) is 6.63. The number of alkyl halides is 3. The Balaban J connectivity index is 3.11. The number of hydrogen-bond acceptors (Lipinski definition) is 5. The molecule has 8 heteroatoms. The Morgan fingerprint density at radius 1 is 1.14 bits per heavy atom. The molecule has 0 bridgehead atoms. The molecule has 0 radical (unpaired) electrons. The number of nitrogens with one attached hydrogen (secondary N) is 2. The minimum atomic E-state index is -4.23. The normalized spacial score (nSPS) is 14.0. The Bertz CT molecular complexity index is 494. The van der Waals surface area contributed by atoms with Crippen LogP contribution in [-0.4, -0.2) is 22.2 Å². The summed E-state index contributed by atoms with van der Waals surface area (Å²) in [6.45, 7) is 8.91. The molecule has 5 nitrogen and oxygen atoms in total. The van der Waals surface area contributed by atoms with E-state index in [0.29, 0.717) is 23.0 Å². The van der Waals surface area contributed by atoms with Crippen molar-refractivity contribution in [2.24, 2.45) is 5.84 Å². The molecule has 21 heavy (non-hydrogen) atoms. The quantitative estimate of drug-likeness (QED) is 0.588. The molecular formula is C13H22F3N5. The van der Waals surface area contributed by atoms with Gasteiger partial charge < -0.3 is 10.7 Å². The Kier molecular flexibility index (Phi) is 5.03. The smallest absolute Gasteiger partial charge is 0.367 e. The highest BCUT2D eigenvalue weighted by molar-refractivity contribution is 5.57. The lowest BCUT2D eigenvalue weighted by Crippen LogP contribution is -2.27. The number of nitrogens with zero attached hydrogens (tertiary/aromatic N) is 2. The third-order valence-electron chi connectivity index (χ3n) is 2.87. The maximum Gasteiger partial charge on any atom is 0.391 e. The van der Waals surface area contributed by atoms with E-state index in [1.54, 1.807) is 6.92 Å². The second-order valence-electron chi connectivity index (χ2n) is 6.13. The van der Waals surface area contributed by atoms with E-state index in [9.17, 15) is 13.2 Å². The van der Waals surface area contributed by atoms with Crippen molar-refractivity contribution in [1.29, 1.82) is 0 Å². The van der Waals surface area contributed by atoms with E-state index in [1.165, 1.54) is 6.92 Å². The van der Waals surface area contributed by atoms with Crippen LogP contribution in [-0.2, 0) is 5.41 Å². The van der Waals surface area contributed by atoms with Crippen LogP contribution in [0.1, 0.15) is 45.5 Å². The SMILES string of the molecule is Cc1c(NN)nc(C(C)(C)C)nc1NC(C)CC(F)(F)F. The summed E-state index contributed by atoms with van der Waals surface area (Å²) < 4.78 is 37.3. The molecule has 1 rings (SSSR count). The summed E-state index contributed by atoms with van der Waals surface area (Å²) in [7, 11) is 0. The molecule has 0 aliphatic carbocycles. The molecule has 0 amide bonds. The van der Waals surface area contributed by atoms with Gasteiger partial charge in [0, 0.05) is 17.0 Å². The fourth-order valence-electron chi connectivity index (χ4n) is 1.76. The molecule has 1 aromatic heterocycles. The van der Waals surface area contributed by atoms with Crippen molar-refractivity contribution in [3.05, 3.63) is 11.4 Å². The standard InChI is InChI=1S/C13H22F3N5/c1-7(6-13(14,15)16)18-9-8(2)10(21-17)20-11(19-9)12(3,4)5/h7H,6,17H2,1-5H3,(H2,18,19,20,21). The van der Waals surface area contributed by atoms with Crippen molar-refractivity contribution in [1.82, 2.24) is 9.97 Å². The summed E-state index contributed by atoms with van der Waals surface area (Å²) in [6.07, 6.45) is -5.16. The zero-order valence-corrected chi connectivity index (χ0v) is 12.9. The van der Waals surface area contributed by atoms with Crippen molar-refractivity contribution in [3.63, 3.8) is 0 Å². The zero-order chi connectivity index (χ0) is 16.4. The topological polar surface area (TPSA) is 75.9 Å². The minimum Gasteiger partial charge on any atom is -0.367 e. The lowest BCUT2D eigenvalue weighted by Gasteiger charge is -2.23. The van der Waals surface area contributed by atoms with E-state index in [-0.39, 0.29) is 5.41 Å². The Hall–Kier alpha value is -1.57. The number of hydrogen-bond donors (Lipinski definition) is 3. The maximum absolute atomic E-state index is 12.4. The summed E-state index contributed by atoms with van der Waals surface area (Å²) in [5.74, 6) is 6.68. The van der Waals surface area contributed by atoms with Gasteiger partial charge in [-0.25, -0.2) is 15.8 Å². The zero-order valence-electron chi connectivity index (χ0n) is 12.9. The van der Waals surface area contributed by atoms with Crippen LogP contribution in [0.3, 0.4) is 0 Å². The average Bonchev–Trinajstić information content (AvgIpc) is 2.27. The van der Waals surface area contributed by atoms with Crippen molar-refractivity contribution in [3.8, 4) is 0 Å². The second-order valence-corrected chi connectivity index (χ2v) is 6.13. The first-order valence-electron chi connectivity index (χ1n) is 6.63. The lowest BCUT2D eigenvalue weighted by atomic mass is 9.95. The summed E-state index contributed by atoms with van der Waals surface area (Å²) >= 11 is 0. The van der Waals surface area contributed by atoms with Gasteiger partial charge in [-0.3, -0.25) is 0 Å². The van der Waals surface area contributed by atoms with Crippen LogP contribution in [0.4, 0.5) is 24.8 Å². The Labute approximate surface area is 122 Å². The molecule has 1 atom stereocenters. The summed E-state index contributed by atoms with van der Waals surface area (Å²) in [5, 5.41) is 2.79. The van der Waals surface area contributed by atoms with E-state index in [4.69, 9.17) is 5.84 Å². The molecule has 0 saturated heterocycles. The highest BCUT2D eigenvalue weighted by Crippen LogP contribution is 2.28. The predicted molar refractivity (Wildman–Crippen MR) is 77.0 cm³/mol. The molecular weight excluding hydrogens is 283 g/mol. The number of anilines is 2. The van der Waals surface area contributed by atoms with Gasteiger partial charge >= 0.3 is 6.18 Å². The highest BCUT2D eigenvalue weighted by atomic mass is 19.4. The molecule has 1 aromatic rings. The number of rotatable bonds is 4. The molecule has 0 saturated carbocycles. The molecule has 0 spiro atoms. The molecule has 120 valence electrons. The molecule has 0 aliphatic heterocycles. The Morgan fingerprint density at radius 2 is 1.67 bits per heavy atom. The summed E-state index contributed by atoms with van der Waals surface area (Å²) in [6, 6.07) is -0.794. The average molecular weight is 305 g/mol. The predicted octanol–water partition coefficient (Wildman–Crippen LogP) is 3.12. The molecule has 0 fully saturated rings. The number of nitrogen functional groups attached to an aromatic ring is 1. The third kappa shape index (κ3) is 5.04. The first-order chi connectivity index (χ1) is 9.44. The van der Waals surface area contributed by atoms with E-state index in [1.807, 2.05) is 20.8 Å². The number of aromatic nitrogens is 2. The maximum atomic E-state index is 12.4. The monoisotopic (exact) mass is 305 g/mol. The molecule has 1 unspecified atom stereocenters. The summed E-state index contributed by atoms with van der Waals surface area (Å²) in [4.78, 5) is 8.63. The van der Waals surface area contributed by atoms with Gasteiger partial charge in [-0.2, -0.15) is 13.2 Å². The van der Waals surface area contributed by atoms with E-state index >= 15 is 0 Å². The van der Waals surface area contributed by atoms with Gasteiger partial charge in [0.05, 0.1) is 6.42 Å². The second kappa shape index (κ2) is 6.05. The van der Waals surface area contributed by atoms with Crippen LogP contribution in [0.25, 0.3) is 0 Å². The number of halogens is 3. The molecule has 1 heterocycles. The van der Waals surface area contributed by atoms with Gasteiger partial charge in [0.15, 0.2) is 0 Å². The molecule has 0 aliphatic rings. The van der Waals surface area contributed by atoms with Crippen LogP contribution < -0.4 is 16.6 Å². The largest absolute Gasteiger partial charge is 0.391 e. The van der Waals surface area contributed by atoms with Crippen molar-refractivity contribution < 1.29 is 13.2 Å². The first kappa shape index (κ1) is 17.5. The van der Waals surface area contributed by atoms with E-state index in [0.717, 1.165) is 0 Å². The molecule has 4 N–H and O–H groups in total. The van der Waals surface area contributed by atoms with Gasteiger partial charge in [-0.1, -0.05) is 20.8 Å². The van der Waals surface area contributed by atoms with Gasteiger partial charge in [-0.15, -0.1) is 0 Å². The van der Waals surface area contributed by atoms with Crippen LogP contribution in [0, 0.1) is 6.92 Å². The van der Waals surface area contributed by atoms with Crippen LogP contribution >= 0.6 is 0 Å². The van der Waals surface area contributed by atoms with Crippen LogP contribution in [0.2, 0.25) is 0 Å². The highest BCUT2D eigenvalue weighted by Gasteiger charge is 2.30. The van der Waals surface area contributed by atoms with E-state index < -0.39 is 18.6 Å². The van der Waals surface area contributed by atoms with Gasteiger partial charge in [-0.05, 0) is 13.8 Å². The van der Waals surface area contributed by atoms with Gasteiger partial charge in [0.25, 0.3) is 0 Å². The van der Waals surface area contributed by atoms with Gasteiger partial charge in [0.2, 0.25) is 0 Å². The van der Waals surface area contributed by atoms with Crippen molar-refractivity contribution in [2.45, 2.75) is 58.7 Å². The molecule has 0 aromatic carbocycles. The van der Waals surface area contributed by atoms with Crippen LogP contribution in [0.5, 0.6) is 0 Å². The Morgan fingerprint density at radius 3 is 2.10 bits per heavy atom. The van der Waals surface area contributed by atoms with E-state index in [2.05, 4.69) is 20.7 Å². The number of nitrogens with two attached hydrogens (primary N) is 1. The lowest BCUT2D eigenvalue weighted by molar-refractivity contribution is -0.136. The fraction of sp³-hybridized carbons (Fsp3) is 0.692. The minimum absolute atomic E-state index is 0.344. The number of hydrazine groups is 1. The van der Waals surface area contributed by atoms with Crippen LogP contribution in [0.15, 0.2) is 0 Å². The third-order valence-corrected chi connectivity index (χ3v) is 2.87. The fourth-order valence-corrected chi connectivity index (χ4v) is 1.76. The summed E-state index contributed by atoms with van der Waals surface area (Å²) in [5.41, 5.74) is 2.69. The van der Waals surface area contributed by atoms with Crippen molar-refractivity contribution in [2.75, 3.05) is 10.7 Å². The van der Waals surface area contributed by atoms with Crippen molar-refractivity contribution >= 4 is 11.6 Å².